The van der Waals surface area contributed by atoms with Gasteiger partial charge in [-0.25, -0.2) is 4.98 Å². The predicted octanol–water partition coefficient (Wildman–Crippen LogP) is 5.18. The normalized spacial score (nSPS) is 11.2. The molecule has 25 heavy (non-hydrogen) atoms. The Hall–Kier alpha value is -3.64. The maximum absolute atomic E-state index is 9.05. The number of aromatic nitrogens is 2. The molecule has 0 radical (unpaired) electrons. The molecule has 0 fully saturated rings. The first-order valence-electron chi connectivity index (χ1n) is 8.15. The summed E-state index contributed by atoms with van der Waals surface area (Å²) in [6, 6.07) is 28.5. The SMILES string of the molecule is N#Cc1ccc(-c2nc3ccccc3c3cc4ccccc4n23)cc1. The van der Waals surface area contributed by atoms with Crippen molar-refractivity contribution in [3.8, 4) is 17.5 Å². The number of para-hydroxylation sites is 2. The molecule has 0 N–H and O–H groups in total. The summed E-state index contributed by atoms with van der Waals surface area (Å²) in [6.45, 7) is 0. The topological polar surface area (TPSA) is 41.1 Å². The summed E-state index contributed by atoms with van der Waals surface area (Å²) < 4.78 is 2.21. The summed E-state index contributed by atoms with van der Waals surface area (Å²) in [5.41, 5.74) is 4.90. The summed E-state index contributed by atoms with van der Waals surface area (Å²) in [5.74, 6) is 0.888. The Labute approximate surface area is 144 Å². The monoisotopic (exact) mass is 319 g/mol. The Morgan fingerprint density at radius 1 is 0.800 bits per heavy atom. The molecule has 0 aliphatic rings. The molecule has 5 rings (SSSR count). The predicted molar refractivity (Wildman–Crippen MR) is 100 cm³/mol. The quantitative estimate of drug-likeness (QED) is 0.427. The van der Waals surface area contributed by atoms with Gasteiger partial charge in [-0.1, -0.05) is 36.4 Å². The Balaban J connectivity index is 1.97. The van der Waals surface area contributed by atoms with Crippen LogP contribution in [0.2, 0.25) is 0 Å². The van der Waals surface area contributed by atoms with Crippen LogP contribution >= 0.6 is 0 Å². The first-order chi connectivity index (χ1) is 12.3. The third-order valence-electron chi connectivity index (χ3n) is 4.60. The van der Waals surface area contributed by atoms with E-state index >= 15 is 0 Å². The van der Waals surface area contributed by atoms with Gasteiger partial charge in [0.15, 0.2) is 0 Å². The van der Waals surface area contributed by atoms with Crippen molar-refractivity contribution in [3.05, 3.63) is 84.4 Å². The van der Waals surface area contributed by atoms with Crippen LogP contribution in [-0.4, -0.2) is 9.38 Å². The molecule has 0 amide bonds. The molecule has 0 bridgehead atoms. The Kier molecular flexibility index (Phi) is 2.86. The third-order valence-corrected chi connectivity index (χ3v) is 4.60. The Morgan fingerprint density at radius 2 is 1.56 bits per heavy atom. The van der Waals surface area contributed by atoms with Crippen molar-refractivity contribution in [2.24, 2.45) is 0 Å². The van der Waals surface area contributed by atoms with Crippen molar-refractivity contribution in [2.45, 2.75) is 0 Å². The number of rotatable bonds is 1. The standard InChI is InChI=1S/C22H13N3/c23-14-15-9-11-16(12-10-15)22-24-19-7-3-2-6-18(19)21-13-17-5-1-4-8-20(17)25(21)22/h1-13H. The average Bonchev–Trinajstić information content (AvgIpc) is 3.07. The van der Waals surface area contributed by atoms with Crippen LogP contribution in [0.5, 0.6) is 0 Å². The first kappa shape index (κ1) is 13.8. The van der Waals surface area contributed by atoms with Gasteiger partial charge in [-0.2, -0.15) is 5.26 Å². The van der Waals surface area contributed by atoms with Gasteiger partial charge in [0.2, 0.25) is 0 Å². The number of hydrogen-bond acceptors (Lipinski definition) is 2. The second-order valence-corrected chi connectivity index (χ2v) is 6.07. The van der Waals surface area contributed by atoms with Crippen LogP contribution in [0.1, 0.15) is 5.56 Å². The maximum atomic E-state index is 9.05. The van der Waals surface area contributed by atoms with Gasteiger partial charge in [-0.05, 0) is 42.5 Å². The van der Waals surface area contributed by atoms with E-state index in [9.17, 15) is 0 Å². The molecule has 0 unspecified atom stereocenters. The van der Waals surface area contributed by atoms with Gasteiger partial charge in [0.25, 0.3) is 0 Å². The fraction of sp³-hybridized carbons (Fsp3) is 0. The van der Waals surface area contributed by atoms with E-state index in [1.165, 1.54) is 5.39 Å². The van der Waals surface area contributed by atoms with E-state index in [1.807, 2.05) is 48.5 Å². The van der Waals surface area contributed by atoms with E-state index < -0.39 is 0 Å². The zero-order chi connectivity index (χ0) is 16.8. The van der Waals surface area contributed by atoms with Gasteiger partial charge in [-0.3, -0.25) is 4.40 Å². The number of hydrogen-bond donors (Lipinski definition) is 0. The number of nitrogens with zero attached hydrogens (tertiary/aromatic N) is 3. The van der Waals surface area contributed by atoms with Gasteiger partial charge in [0.1, 0.15) is 5.82 Å². The van der Waals surface area contributed by atoms with Crippen molar-refractivity contribution in [1.29, 1.82) is 5.26 Å². The van der Waals surface area contributed by atoms with Crippen LogP contribution in [0.15, 0.2) is 78.9 Å². The van der Waals surface area contributed by atoms with Crippen molar-refractivity contribution < 1.29 is 0 Å². The highest BCUT2D eigenvalue weighted by Gasteiger charge is 2.13. The zero-order valence-corrected chi connectivity index (χ0v) is 13.3. The lowest BCUT2D eigenvalue weighted by atomic mass is 10.1. The molecule has 2 aromatic heterocycles. The fourth-order valence-electron chi connectivity index (χ4n) is 3.42. The second-order valence-electron chi connectivity index (χ2n) is 6.07. The van der Waals surface area contributed by atoms with Crippen molar-refractivity contribution in [2.75, 3.05) is 0 Å². The van der Waals surface area contributed by atoms with Gasteiger partial charge in [0.05, 0.1) is 28.2 Å². The molecule has 5 aromatic rings. The van der Waals surface area contributed by atoms with Crippen LogP contribution in [-0.2, 0) is 0 Å². The average molecular weight is 319 g/mol. The molecule has 0 saturated carbocycles. The summed E-state index contributed by atoms with van der Waals surface area (Å²) >= 11 is 0. The minimum absolute atomic E-state index is 0.651. The lowest BCUT2D eigenvalue weighted by Gasteiger charge is -2.10. The third kappa shape index (κ3) is 2.02. The first-order valence-corrected chi connectivity index (χ1v) is 8.15. The summed E-state index contributed by atoms with van der Waals surface area (Å²) in [7, 11) is 0. The Morgan fingerprint density at radius 3 is 2.40 bits per heavy atom. The van der Waals surface area contributed by atoms with Crippen LogP contribution in [0, 0.1) is 11.3 Å². The van der Waals surface area contributed by atoms with Crippen LogP contribution < -0.4 is 0 Å². The lowest BCUT2D eigenvalue weighted by Crippen LogP contribution is -1.97. The molecule has 0 aliphatic heterocycles. The molecule has 0 atom stereocenters. The van der Waals surface area contributed by atoms with Gasteiger partial charge in [0, 0.05) is 16.3 Å². The largest absolute Gasteiger partial charge is 0.293 e. The summed E-state index contributed by atoms with van der Waals surface area (Å²) in [5, 5.41) is 11.4. The molecular formula is C22H13N3. The van der Waals surface area contributed by atoms with Crippen molar-refractivity contribution in [3.63, 3.8) is 0 Å². The van der Waals surface area contributed by atoms with Crippen molar-refractivity contribution >= 4 is 27.3 Å². The molecule has 0 saturated heterocycles. The minimum atomic E-state index is 0.651. The van der Waals surface area contributed by atoms with E-state index in [-0.39, 0.29) is 0 Å². The highest BCUT2D eigenvalue weighted by molar-refractivity contribution is 6.02. The highest BCUT2D eigenvalue weighted by atomic mass is 15.0. The van der Waals surface area contributed by atoms with Gasteiger partial charge < -0.3 is 0 Å². The van der Waals surface area contributed by atoms with E-state index in [0.717, 1.165) is 33.3 Å². The van der Waals surface area contributed by atoms with Crippen LogP contribution in [0.4, 0.5) is 0 Å². The van der Waals surface area contributed by atoms with E-state index in [2.05, 4.69) is 40.8 Å². The van der Waals surface area contributed by atoms with Crippen molar-refractivity contribution in [1.82, 2.24) is 9.38 Å². The van der Waals surface area contributed by atoms with Gasteiger partial charge >= 0.3 is 0 Å². The minimum Gasteiger partial charge on any atom is -0.293 e. The molecule has 3 aromatic carbocycles. The van der Waals surface area contributed by atoms with Crippen LogP contribution in [0.3, 0.4) is 0 Å². The zero-order valence-electron chi connectivity index (χ0n) is 13.3. The second kappa shape index (κ2) is 5.19. The van der Waals surface area contributed by atoms with E-state index in [1.54, 1.807) is 0 Å². The van der Waals surface area contributed by atoms with E-state index in [4.69, 9.17) is 10.2 Å². The summed E-state index contributed by atoms with van der Waals surface area (Å²) in [6.07, 6.45) is 0. The van der Waals surface area contributed by atoms with Gasteiger partial charge in [-0.15, -0.1) is 0 Å². The molecular weight excluding hydrogens is 306 g/mol. The number of benzene rings is 3. The van der Waals surface area contributed by atoms with E-state index in [0.29, 0.717) is 5.56 Å². The molecule has 3 heteroatoms. The molecule has 0 spiro atoms. The number of nitriles is 1. The fourth-order valence-corrected chi connectivity index (χ4v) is 3.42. The smallest absolute Gasteiger partial charge is 0.145 e. The lowest BCUT2D eigenvalue weighted by molar-refractivity contribution is 1.17. The molecule has 0 aliphatic carbocycles. The summed E-state index contributed by atoms with van der Waals surface area (Å²) in [4.78, 5) is 4.93. The highest BCUT2D eigenvalue weighted by Crippen LogP contribution is 2.31. The molecule has 3 nitrogen and oxygen atoms in total. The molecule has 116 valence electrons. The Bertz CT molecular complexity index is 1290. The number of fused-ring (bicyclic) bond motifs is 5. The van der Waals surface area contributed by atoms with Crippen LogP contribution in [0.25, 0.3) is 38.7 Å². The maximum Gasteiger partial charge on any atom is 0.145 e. The molecule has 2 heterocycles.